The molecule has 0 bridgehead atoms. The predicted octanol–water partition coefficient (Wildman–Crippen LogP) is 5.47. The Morgan fingerprint density at radius 2 is 1.48 bits per heavy atom. The molecule has 21 heavy (non-hydrogen) atoms. The largest absolute Gasteiger partial charge is 0.207 e. The van der Waals surface area contributed by atoms with E-state index in [2.05, 4.69) is 15.9 Å². The highest BCUT2D eigenvalue weighted by Gasteiger charge is 2.22. The smallest absolute Gasteiger partial charge is 0.133 e. The van der Waals surface area contributed by atoms with Crippen molar-refractivity contribution in [3.8, 4) is 0 Å². The van der Waals surface area contributed by atoms with Gasteiger partial charge in [0.1, 0.15) is 17.5 Å². The van der Waals surface area contributed by atoms with Crippen LogP contribution in [0.3, 0.4) is 0 Å². The molecule has 0 aliphatic heterocycles. The highest BCUT2D eigenvalue weighted by molar-refractivity contribution is 9.09. The maximum absolute atomic E-state index is 13.9. The van der Waals surface area contributed by atoms with Gasteiger partial charge in [-0.15, -0.1) is 0 Å². The average molecular weight is 355 g/mol. The minimum absolute atomic E-state index is 0.146. The molecule has 2 aromatic rings. The molecule has 1 atom stereocenters. The maximum Gasteiger partial charge on any atom is 0.133 e. The summed E-state index contributed by atoms with van der Waals surface area (Å²) < 4.78 is 40.8. The van der Waals surface area contributed by atoms with Crippen molar-refractivity contribution in [1.29, 1.82) is 0 Å². The van der Waals surface area contributed by atoms with Crippen molar-refractivity contribution in [1.82, 2.24) is 0 Å². The van der Waals surface area contributed by atoms with Gasteiger partial charge in [-0.05, 0) is 42.4 Å². The minimum atomic E-state index is -0.904. The Kier molecular flexibility index (Phi) is 4.07. The maximum atomic E-state index is 13.9. The summed E-state index contributed by atoms with van der Waals surface area (Å²) in [6.45, 7) is 0. The molecule has 0 nitrogen and oxygen atoms in total. The SMILES string of the molecule is Fc1cc(F)c(C(Br)c2ccc3c(c2)CCCC3)c(F)c1. The molecule has 0 spiro atoms. The number of fused-ring (bicyclic) bond motifs is 1. The predicted molar refractivity (Wildman–Crippen MR) is 80.2 cm³/mol. The summed E-state index contributed by atoms with van der Waals surface area (Å²) in [7, 11) is 0. The lowest BCUT2D eigenvalue weighted by molar-refractivity contribution is 0.527. The van der Waals surface area contributed by atoms with Crippen LogP contribution in [0.1, 0.15) is 39.9 Å². The van der Waals surface area contributed by atoms with E-state index < -0.39 is 22.3 Å². The topological polar surface area (TPSA) is 0 Å². The molecule has 1 aliphatic rings. The molecule has 0 heterocycles. The summed E-state index contributed by atoms with van der Waals surface area (Å²) in [5.41, 5.74) is 3.20. The lowest BCUT2D eigenvalue weighted by Crippen LogP contribution is -2.06. The second-order valence-corrected chi connectivity index (χ2v) is 6.30. The molecule has 0 saturated carbocycles. The number of aryl methyl sites for hydroxylation is 2. The fourth-order valence-electron chi connectivity index (χ4n) is 2.87. The molecule has 0 saturated heterocycles. The van der Waals surface area contributed by atoms with Gasteiger partial charge in [0.05, 0.1) is 4.83 Å². The molecule has 2 aromatic carbocycles. The number of hydrogen-bond donors (Lipinski definition) is 0. The van der Waals surface area contributed by atoms with Crippen LogP contribution in [0.15, 0.2) is 30.3 Å². The monoisotopic (exact) mass is 354 g/mol. The first-order valence-electron chi connectivity index (χ1n) is 6.96. The standard InChI is InChI=1S/C17H14BrF3/c18-17(16-14(20)8-13(19)9-15(16)21)12-6-5-10-3-1-2-4-11(10)7-12/h5-9,17H,1-4H2. The van der Waals surface area contributed by atoms with Crippen LogP contribution in [0.4, 0.5) is 13.2 Å². The van der Waals surface area contributed by atoms with Crippen LogP contribution in [0.2, 0.25) is 0 Å². The zero-order chi connectivity index (χ0) is 15.0. The fourth-order valence-corrected chi connectivity index (χ4v) is 3.60. The van der Waals surface area contributed by atoms with Gasteiger partial charge in [-0.1, -0.05) is 34.1 Å². The van der Waals surface area contributed by atoms with Crippen LogP contribution in [0, 0.1) is 17.5 Å². The van der Waals surface area contributed by atoms with E-state index in [4.69, 9.17) is 0 Å². The lowest BCUT2D eigenvalue weighted by atomic mass is 9.89. The van der Waals surface area contributed by atoms with Gasteiger partial charge in [-0.3, -0.25) is 0 Å². The Morgan fingerprint density at radius 1 is 0.857 bits per heavy atom. The van der Waals surface area contributed by atoms with E-state index in [-0.39, 0.29) is 5.56 Å². The van der Waals surface area contributed by atoms with E-state index >= 15 is 0 Å². The second kappa shape index (κ2) is 5.84. The second-order valence-electron chi connectivity index (χ2n) is 5.38. The van der Waals surface area contributed by atoms with Crippen molar-refractivity contribution in [2.45, 2.75) is 30.5 Å². The molecule has 4 heteroatoms. The summed E-state index contributed by atoms with van der Waals surface area (Å²) in [6, 6.07) is 7.33. The molecule has 0 N–H and O–H groups in total. The Labute approximate surface area is 130 Å². The number of alkyl halides is 1. The lowest BCUT2D eigenvalue weighted by Gasteiger charge is -2.19. The molecule has 0 amide bonds. The summed E-state index contributed by atoms with van der Waals surface area (Å²) in [5, 5.41) is 0. The van der Waals surface area contributed by atoms with Gasteiger partial charge in [0.2, 0.25) is 0 Å². The molecule has 110 valence electrons. The third-order valence-corrected chi connectivity index (χ3v) is 4.95. The zero-order valence-electron chi connectivity index (χ0n) is 11.3. The quantitative estimate of drug-likeness (QED) is 0.627. The first kappa shape index (κ1) is 14.6. The van der Waals surface area contributed by atoms with Gasteiger partial charge in [0, 0.05) is 17.7 Å². The van der Waals surface area contributed by atoms with Crippen molar-refractivity contribution in [3.05, 3.63) is 70.0 Å². The van der Waals surface area contributed by atoms with Crippen LogP contribution in [-0.4, -0.2) is 0 Å². The van der Waals surface area contributed by atoms with Gasteiger partial charge in [0.15, 0.2) is 0 Å². The molecule has 3 rings (SSSR count). The van der Waals surface area contributed by atoms with E-state index in [0.717, 1.165) is 24.8 Å². The molecular weight excluding hydrogens is 341 g/mol. The molecule has 0 radical (unpaired) electrons. The molecule has 1 unspecified atom stereocenters. The number of hydrogen-bond acceptors (Lipinski definition) is 0. The Balaban J connectivity index is 2.01. The van der Waals surface area contributed by atoms with Crippen molar-refractivity contribution in [2.24, 2.45) is 0 Å². The van der Waals surface area contributed by atoms with Crippen molar-refractivity contribution >= 4 is 15.9 Å². The van der Waals surface area contributed by atoms with Crippen LogP contribution in [0.5, 0.6) is 0 Å². The summed E-state index contributed by atoms with van der Waals surface area (Å²) in [4.78, 5) is -0.620. The molecule has 1 aliphatic carbocycles. The van der Waals surface area contributed by atoms with Crippen molar-refractivity contribution in [3.63, 3.8) is 0 Å². The number of halogens is 4. The Hall–Kier alpha value is -1.29. The Bertz CT molecular complexity index is 659. The van der Waals surface area contributed by atoms with Gasteiger partial charge in [-0.2, -0.15) is 0 Å². The summed E-state index contributed by atoms with van der Waals surface area (Å²) in [5.74, 6) is -2.64. The van der Waals surface area contributed by atoms with Gasteiger partial charge >= 0.3 is 0 Å². The summed E-state index contributed by atoms with van der Waals surface area (Å²) >= 11 is 3.35. The van der Waals surface area contributed by atoms with Crippen molar-refractivity contribution in [2.75, 3.05) is 0 Å². The first-order valence-corrected chi connectivity index (χ1v) is 7.88. The summed E-state index contributed by atoms with van der Waals surface area (Å²) in [6.07, 6.45) is 4.38. The van der Waals surface area contributed by atoms with Gasteiger partial charge in [0.25, 0.3) is 0 Å². The Morgan fingerprint density at radius 3 is 2.14 bits per heavy atom. The van der Waals surface area contributed by atoms with Gasteiger partial charge < -0.3 is 0 Å². The minimum Gasteiger partial charge on any atom is -0.207 e. The van der Waals surface area contributed by atoms with Crippen LogP contribution >= 0.6 is 15.9 Å². The fraction of sp³-hybridized carbons (Fsp3) is 0.294. The number of rotatable bonds is 2. The van der Waals surface area contributed by atoms with Crippen LogP contribution < -0.4 is 0 Å². The van der Waals surface area contributed by atoms with Crippen LogP contribution in [0.25, 0.3) is 0 Å². The van der Waals surface area contributed by atoms with E-state index in [0.29, 0.717) is 12.1 Å². The molecule has 0 fully saturated rings. The van der Waals surface area contributed by atoms with E-state index in [1.165, 1.54) is 17.5 Å². The third-order valence-electron chi connectivity index (χ3n) is 3.96. The van der Waals surface area contributed by atoms with E-state index in [9.17, 15) is 13.2 Å². The van der Waals surface area contributed by atoms with Gasteiger partial charge in [-0.25, -0.2) is 13.2 Å². The normalized spacial score (nSPS) is 15.6. The first-order chi connectivity index (χ1) is 10.1. The van der Waals surface area contributed by atoms with Crippen LogP contribution in [-0.2, 0) is 12.8 Å². The van der Waals surface area contributed by atoms with Crippen molar-refractivity contribution < 1.29 is 13.2 Å². The highest BCUT2D eigenvalue weighted by Crippen LogP contribution is 2.36. The molecule has 0 aromatic heterocycles. The average Bonchev–Trinajstić information content (AvgIpc) is 2.45. The third kappa shape index (κ3) is 2.86. The zero-order valence-corrected chi connectivity index (χ0v) is 12.9. The molecular formula is C17H14BrF3. The highest BCUT2D eigenvalue weighted by atomic mass is 79.9. The number of benzene rings is 2. The van der Waals surface area contributed by atoms with E-state index in [1.54, 1.807) is 0 Å². The van der Waals surface area contributed by atoms with E-state index in [1.807, 2.05) is 18.2 Å².